The molecule has 16 heavy (non-hydrogen) atoms. The molecule has 0 saturated carbocycles. The second-order valence-electron chi connectivity index (χ2n) is 5.13. The molecule has 0 aliphatic carbocycles. The highest BCUT2D eigenvalue weighted by Crippen LogP contribution is 2.25. The fourth-order valence-corrected chi connectivity index (χ4v) is 1.70. The van der Waals surface area contributed by atoms with Crippen LogP contribution in [-0.4, -0.2) is 19.0 Å². The van der Waals surface area contributed by atoms with E-state index in [2.05, 4.69) is 44.6 Å². The van der Waals surface area contributed by atoms with E-state index in [-0.39, 0.29) is 29.4 Å². The number of hydrogen-bond acceptors (Lipinski definition) is 1. The lowest BCUT2D eigenvalue weighted by Gasteiger charge is -2.24. The average molecular weight is 339 g/mol. The Morgan fingerprint density at radius 3 is 2.50 bits per heavy atom. The number of nitrogens with two attached hydrogens (primary N) is 1. The minimum absolute atomic E-state index is 0. The Bertz CT molecular complexity index is 222. The van der Waals surface area contributed by atoms with E-state index < -0.39 is 0 Å². The number of nitrogens with zero attached hydrogens (tertiary/aromatic N) is 1. The summed E-state index contributed by atoms with van der Waals surface area (Å²) in [6, 6.07) is 0. The summed E-state index contributed by atoms with van der Waals surface area (Å²) in [6.07, 6.45) is 2.92. The normalized spacial score (nSPS) is 12.2. The van der Waals surface area contributed by atoms with E-state index in [1.807, 2.05) is 0 Å². The van der Waals surface area contributed by atoms with Crippen LogP contribution in [0.5, 0.6) is 0 Å². The molecule has 0 aliphatic rings. The Morgan fingerprint density at radius 2 is 2.06 bits per heavy atom. The summed E-state index contributed by atoms with van der Waals surface area (Å²) in [7, 11) is 0. The highest BCUT2D eigenvalue weighted by Gasteiger charge is 2.18. The Balaban J connectivity index is 0. The predicted octanol–water partition coefficient (Wildman–Crippen LogP) is 2.77. The van der Waals surface area contributed by atoms with E-state index in [4.69, 9.17) is 5.73 Å². The maximum absolute atomic E-state index is 5.69. The Kier molecular flexibility index (Phi) is 10.0. The quantitative estimate of drug-likeness (QED) is 0.338. The van der Waals surface area contributed by atoms with E-state index in [9.17, 15) is 0 Å². The standard InChI is InChI=1S/C12H25N3.HI/c1-6-7-14-11(13)15-9-12(4,5)8-10(2)3;/h6,10H,1,7-9H2,2-5H3,(H3,13,14,15);1H. The summed E-state index contributed by atoms with van der Waals surface area (Å²) in [5.41, 5.74) is 5.91. The zero-order valence-electron chi connectivity index (χ0n) is 10.9. The summed E-state index contributed by atoms with van der Waals surface area (Å²) in [4.78, 5) is 4.32. The van der Waals surface area contributed by atoms with Crippen molar-refractivity contribution in [2.75, 3.05) is 13.1 Å². The van der Waals surface area contributed by atoms with Gasteiger partial charge in [-0.05, 0) is 17.8 Å². The largest absolute Gasteiger partial charge is 0.370 e. The van der Waals surface area contributed by atoms with Crippen molar-refractivity contribution < 1.29 is 0 Å². The molecule has 0 heterocycles. The van der Waals surface area contributed by atoms with Crippen LogP contribution in [0.4, 0.5) is 0 Å². The maximum Gasteiger partial charge on any atom is 0.188 e. The third-order valence-corrected chi connectivity index (χ3v) is 2.07. The molecule has 3 N–H and O–H groups in total. The average Bonchev–Trinajstić information content (AvgIpc) is 2.09. The number of hydrogen-bond donors (Lipinski definition) is 2. The van der Waals surface area contributed by atoms with Gasteiger partial charge in [-0.2, -0.15) is 0 Å². The SMILES string of the molecule is C=CCNC(N)=NCC(C)(C)CC(C)C.I. The third-order valence-electron chi connectivity index (χ3n) is 2.07. The number of halogens is 1. The number of rotatable bonds is 6. The number of guanidine groups is 1. The van der Waals surface area contributed by atoms with Crippen LogP contribution in [0.3, 0.4) is 0 Å². The summed E-state index contributed by atoms with van der Waals surface area (Å²) in [5.74, 6) is 1.20. The van der Waals surface area contributed by atoms with Crippen molar-refractivity contribution in [2.24, 2.45) is 22.1 Å². The van der Waals surface area contributed by atoms with Gasteiger partial charge in [-0.3, -0.25) is 4.99 Å². The monoisotopic (exact) mass is 339 g/mol. The zero-order chi connectivity index (χ0) is 11.9. The van der Waals surface area contributed by atoms with E-state index >= 15 is 0 Å². The van der Waals surface area contributed by atoms with Crippen LogP contribution in [0, 0.1) is 11.3 Å². The van der Waals surface area contributed by atoms with Crippen molar-refractivity contribution in [3.63, 3.8) is 0 Å². The van der Waals surface area contributed by atoms with Crippen LogP contribution in [0.2, 0.25) is 0 Å². The molecule has 3 nitrogen and oxygen atoms in total. The molecule has 0 spiro atoms. The van der Waals surface area contributed by atoms with Crippen molar-refractivity contribution in [3.05, 3.63) is 12.7 Å². The van der Waals surface area contributed by atoms with Crippen LogP contribution in [0.1, 0.15) is 34.1 Å². The summed E-state index contributed by atoms with van der Waals surface area (Å²) in [5, 5.41) is 2.97. The molecule has 0 saturated heterocycles. The second kappa shape index (κ2) is 8.84. The van der Waals surface area contributed by atoms with Crippen LogP contribution < -0.4 is 11.1 Å². The van der Waals surface area contributed by atoms with Crippen molar-refractivity contribution in [1.29, 1.82) is 0 Å². The van der Waals surface area contributed by atoms with Gasteiger partial charge in [-0.1, -0.05) is 33.8 Å². The van der Waals surface area contributed by atoms with Crippen LogP contribution in [0.15, 0.2) is 17.6 Å². The third kappa shape index (κ3) is 10.3. The van der Waals surface area contributed by atoms with Crippen molar-refractivity contribution in [1.82, 2.24) is 5.32 Å². The second-order valence-corrected chi connectivity index (χ2v) is 5.13. The van der Waals surface area contributed by atoms with Gasteiger partial charge >= 0.3 is 0 Å². The summed E-state index contributed by atoms with van der Waals surface area (Å²) >= 11 is 0. The van der Waals surface area contributed by atoms with Gasteiger partial charge < -0.3 is 11.1 Å². The molecule has 0 aromatic heterocycles. The Morgan fingerprint density at radius 1 is 1.50 bits per heavy atom. The molecular weight excluding hydrogens is 313 g/mol. The molecule has 0 fully saturated rings. The lowest BCUT2D eigenvalue weighted by Crippen LogP contribution is -2.33. The van der Waals surface area contributed by atoms with E-state index in [0.29, 0.717) is 18.4 Å². The predicted molar refractivity (Wildman–Crippen MR) is 83.3 cm³/mol. The van der Waals surface area contributed by atoms with Crippen molar-refractivity contribution in [3.8, 4) is 0 Å². The summed E-state index contributed by atoms with van der Waals surface area (Å²) in [6.45, 7) is 13.9. The molecule has 0 aromatic carbocycles. The topological polar surface area (TPSA) is 50.4 Å². The van der Waals surface area contributed by atoms with Gasteiger partial charge in [0.05, 0.1) is 0 Å². The van der Waals surface area contributed by atoms with E-state index in [0.717, 1.165) is 13.0 Å². The molecule has 4 heteroatoms. The van der Waals surface area contributed by atoms with Gasteiger partial charge in [0.1, 0.15) is 0 Å². The van der Waals surface area contributed by atoms with Crippen molar-refractivity contribution >= 4 is 29.9 Å². The molecular formula is C12H26IN3. The minimum atomic E-state index is 0. The minimum Gasteiger partial charge on any atom is -0.370 e. The molecule has 0 radical (unpaired) electrons. The van der Waals surface area contributed by atoms with Gasteiger partial charge in [0.2, 0.25) is 0 Å². The fraction of sp³-hybridized carbons (Fsp3) is 0.750. The highest BCUT2D eigenvalue weighted by atomic mass is 127. The first-order chi connectivity index (χ1) is 6.87. The fourth-order valence-electron chi connectivity index (χ4n) is 1.70. The molecule has 0 atom stereocenters. The molecule has 0 rings (SSSR count). The maximum atomic E-state index is 5.69. The zero-order valence-corrected chi connectivity index (χ0v) is 13.2. The lowest BCUT2D eigenvalue weighted by atomic mass is 9.84. The number of aliphatic imine (C=N–C) groups is 1. The Labute approximate surface area is 117 Å². The first-order valence-electron chi connectivity index (χ1n) is 5.52. The van der Waals surface area contributed by atoms with Crippen LogP contribution >= 0.6 is 24.0 Å². The van der Waals surface area contributed by atoms with Gasteiger partial charge in [-0.15, -0.1) is 30.6 Å². The van der Waals surface area contributed by atoms with Crippen molar-refractivity contribution in [2.45, 2.75) is 34.1 Å². The summed E-state index contributed by atoms with van der Waals surface area (Å²) < 4.78 is 0. The molecule has 0 amide bonds. The molecule has 0 bridgehead atoms. The molecule has 0 aromatic rings. The molecule has 0 aliphatic heterocycles. The molecule has 96 valence electrons. The van der Waals surface area contributed by atoms with Crippen LogP contribution in [0.25, 0.3) is 0 Å². The van der Waals surface area contributed by atoms with E-state index in [1.165, 1.54) is 0 Å². The van der Waals surface area contributed by atoms with Gasteiger partial charge in [0.15, 0.2) is 5.96 Å². The van der Waals surface area contributed by atoms with Gasteiger partial charge in [0, 0.05) is 13.1 Å². The van der Waals surface area contributed by atoms with E-state index in [1.54, 1.807) is 6.08 Å². The van der Waals surface area contributed by atoms with Crippen LogP contribution in [-0.2, 0) is 0 Å². The highest BCUT2D eigenvalue weighted by molar-refractivity contribution is 14.0. The first kappa shape index (κ1) is 18.1. The lowest BCUT2D eigenvalue weighted by molar-refractivity contribution is 0.298. The Hall–Kier alpha value is -0.260. The smallest absolute Gasteiger partial charge is 0.188 e. The first-order valence-corrected chi connectivity index (χ1v) is 5.52. The molecule has 0 unspecified atom stereocenters. The number of nitrogens with one attached hydrogen (secondary N) is 1. The van der Waals surface area contributed by atoms with Gasteiger partial charge in [-0.25, -0.2) is 0 Å². The van der Waals surface area contributed by atoms with Gasteiger partial charge in [0.25, 0.3) is 0 Å².